The molecule has 0 heterocycles. The van der Waals surface area contributed by atoms with E-state index in [2.05, 4.69) is 0 Å². The summed E-state index contributed by atoms with van der Waals surface area (Å²) in [7, 11) is 1.64. The van der Waals surface area contributed by atoms with Crippen LogP contribution in [0.3, 0.4) is 0 Å². The van der Waals surface area contributed by atoms with Crippen LogP contribution in [-0.4, -0.2) is 18.5 Å². The van der Waals surface area contributed by atoms with Crippen molar-refractivity contribution in [1.29, 1.82) is 10.8 Å². The van der Waals surface area contributed by atoms with Crippen molar-refractivity contribution in [2.45, 2.75) is 4.90 Å². The molecule has 0 spiro atoms. The number of hydrogen-bond acceptors (Lipinski definition) is 4. The Bertz CT molecular complexity index is 532. The molecule has 17 heavy (non-hydrogen) atoms. The SMILES string of the molecule is COc1cccc(SC2=CC(=N)C(=N)C=C2)c1. The maximum Gasteiger partial charge on any atom is 0.119 e. The minimum atomic E-state index is 0.248. The van der Waals surface area contributed by atoms with E-state index in [4.69, 9.17) is 15.6 Å². The second-order valence-corrected chi connectivity index (χ2v) is 4.64. The summed E-state index contributed by atoms with van der Waals surface area (Å²) in [5, 5.41) is 15.0. The van der Waals surface area contributed by atoms with Crippen LogP contribution in [0.1, 0.15) is 0 Å². The molecule has 2 N–H and O–H groups in total. The van der Waals surface area contributed by atoms with Gasteiger partial charge >= 0.3 is 0 Å². The van der Waals surface area contributed by atoms with Crippen molar-refractivity contribution in [3.63, 3.8) is 0 Å². The summed E-state index contributed by atoms with van der Waals surface area (Å²) >= 11 is 1.56. The third-order valence-corrected chi connectivity index (χ3v) is 3.25. The largest absolute Gasteiger partial charge is 0.497 e. The van der Waals surface area contributed by atoms with Gasteiger partial charge in [-0.15, -0.1) is 0 Å². The zero-order chi connectivity index (χ0) is 12.3. The number of allylic oxidation sites excluding steroid dienone is 3. The van der Waals surface area contributed by atoms with E-state index < -0.39 is 0 Å². The van der Waals surface area contributed by atoms with Crippen LogP contribution in [0, 0.1) is 10.8 Å². The minimum Gasteiger partial charge on any atom is -0.497 e. The summed E-state index contributed by atoms with van der Waals surface area (Å²) in [6.07, 6.45) is 5.20. The molecule has 2 rings (SSSR count). The topological polar surface area (TPSA) is 56.9 Å². The van der Waals surface area contributed by atoms with Crippen molar-refractivity contribution < 1.29 is 4.74 Å². The first kappa shape index (κ1) is 11.7. The van der Waals surface area contributed by atoms with E-state index in [1.54, 1.807) is 31.0 Å². The molecule has 0 saturated carbocycles. The van der Waals surface area contributed by atoms with E-state index in [0.29, 0.717) is 0 Å². The lowest BCUT2D eigenvalue weighted by molar-refractivity contribution is 0.413. The van der Waals surface area contributed by atoms with Crippen LogP contribution in [0.4, 0.5) is 0 Å². The highest BCUT2D eigenvalue weighted by Crippen LogP contribution is 2.30. The average molecular weight is 244 g/mol. The number of hydrogen-bond donors (Lipinski definition) is 2. The highest BCUT2D eigenvalue weighted by atomic mass is 32.2. The summed E-state index contributed by atoms with van der Waals surface area (Å²) < 4.78 is 5.16. The lowest BCUT2D eigenvalue weighted by Gasteiger charge is -2.08. The zero-order valence-electron chi connectivity index (χ0n) is 9.36. The van der Waals surface area contributed by atoms with E-state index in [1.807, 2.05) is 30.3 Å². The summed E-state index contributed by atoms with van der Waals surface area (Å²) in [6, 6.07) is 7.77. The highest BCUT2D eigenvalue weighted by molar-refractivity contribution is 8.03. The molecular formula is C13H12N2OS. The van der Waals surface area contributed by atoms with Gasteiger partial charge in [0.05, 0.1) is 18.5 Å². The Morgan fingerprint density at radius 3 is 2.65 bits per heavy atom. The first-order chi connectivity index (χ1) is 8.19. The molecule has 4 heteroatoms. The van der Waals surface area contributed by atoms with Crippen molar-refractivity contribution in [1.82, 2.24) is 0 Å². The molecule has 0 aliphatic heterocycles. The van der Waals surface area contributed by atoms with Gasteiger partial charge in [-0.2, -0.15) is 0 Å². The molecular weight excluding hydrogens is 232 g/mol. The lowest BCUT2D eigenvalue weighted by atomic mass is 10.1. The molecule has 3 nitrogen and oxygen atoms in total. The van der Waals surface area contributed by atoms with Gasteiger partial charge in [0.1, 0.15) is 5.75 Å². The molecule has 1 aliphatic rings. The van der Waals surface area contributed by atoms with Crippen LogP contribution in [-0.2, 0) is 0 Å². The van der Waals surface area contributed by atoms with Gasteiger partial charge in [0, 0.05) is 9.80 Å². The number of nitrogens with one attached hydrogen (secondary N) is 2. The predicted octanol–water partition coefficient (Wildman–Crippen LogP) is 3.28. The number of methoxy groups -OCH3 is 1. The van der Waals surface area contributed by atoms with Gasteiger partial charge in [-0.3, -0.25) is 10.8 Å². The van der Waals surface area contributed by atoms with Gasteiger partial charge < -0.3 is 4.74 Å². The van der Waals surface area contributed by atoms with Crippen LogP contribution in [0.5, 0.6) is 5.75 Å². The molecule has 1 aromatic rings. The van der Waals surface area contributed by atoms with Crippen molar-refractivity contribution >= 4 is 23.2 Å². The number of rotatable bonds is 3. The Hall–Kier alpha value is -1.81. The molecule has 0 aromatic heterocycles. The third-order valence-electron chi connectivity index (χ3n) is 2.27. The Balaban J connectivity index is 2.16. The van der Waals surface area contributed by atoms with Crippen molar-refractivity contribution in [3.05, 3.63) is 47.4 Å². The molecule has 0 amide bonds. The van der Waals surface area contributed by atoms with Crippen LogP contribution in [0.2, 0.25) is 0 Å². The predicted molar refractivity (Wildman–Crippen MR) is 71.5 cm³/mol. The minimum absolute atomic E-state index is 0.248. The summed E-state index contributed by atoms with van der Waals surface area (Å²) in [4.78, 5) is 2.01. The molecule has 0 unspecified atom stereocenters. The second kappa shape index (κ2) is 5.01. The smallest absolute Gasteiger partial charge is 0.119 e. The highest BCUT2D eigenvalue weighted by Gasteiger charge is 2.08. The van der Waals surface area contributed by atoms with E-state index in [1.165, 1.54) is 0 Å². The van der Waals surface area contributed by atoms with Gasteiger partial charge in [0.15, 0.2) is 0 Å². The molecule has 0 atom stereocenters. The molecule has 1 aromatic carbocycles. The van der Waals surface area contributed by atoms with Crippen molar-refractivity contribution in [2.24, 2.45) is 0 Å². The van der Waals surface area contributed by atoms with E-state index in [0.717, 1.165) is 15.6 Å². The zero-order valence-corrected chi connectivity index (χ0v) is 10.2. The number of ether oxygens (including phenoxy) is 1. The summed E-state index contributed by atoms with van der Waals surface area (Å²) in [6.45, 7) is 0. The quantitative estimate of drug-likeness (QED) is 0.802. The van der Waals surface area contributed by atoms with Crippen molar-refractivity contribution in [2.75, 3.05) is 7.11 Å². The first-order valence-electron chi connectivity index (χ1n) is 5.08. The maximum atomic E-state index is 7.58. The maximum absolute atomic E-state index is 7.58. The lowest BCUT2D eigenvalue weighted by Crippen LogP contribution is -2.09. The average Bonchev–Trinajstić information content (AvgIpc) is 2.34. The van der Waals surface area contributed by atoms with Gasteiger partial charge in [0.2, 0.25) is 0 Å². The fourth-order valence-corrected chi connectivity index (χ4v) is 2.29. The fraction of sp³-hybridized carbons (Fsp3) is 0.0769. The van der Waals surface area contributed by atoms with Crippen molar-refractivity contribution in [3.8, 4) is 5.75 Å². The Morgan fingerprint density at radius 2 is 1.94 bits per heavy atom. The summed E-state index contributed by atoms with van der Waals surface area (Å²) in [5.41, 5.74) is 0.498. The van der Waals surface area contributed by atoms with E-state index >= 15 is 0 Å². The van der Waals surface area contributed by atoms with Crippen LogP contribution < -0.4 is 4.74 Å². The Morgan fingerprint density at radius 1 is 1.12 bits per heavy atom. The molecule has 86 valence electrons. The normalized spacial score (nSPS) is 14.8. The monoisotopic (exact) mass is 244 g/mol. The first-order valence-corrected chi connectivity index (χ1v) is 5.90. The third kappa shape index (κ3) is 2.85. The fourth-order valence-electron chi connectivity index (χ4n) is 1.39. The number of benzene rings is 1. The van der Waals surface area contributed by atoms with Gasteiger partial charge in [-0.05, 0) is 36.4 Å². The van der Waals surface area contributed by atoms with E-state index in [-0.39, 0.29) is 11.4 Å². The molecule has 1 aliphatic carbocycles. The molecule has 0 fully saturated rings. The Kier molecular flexibility index (Phi) is 3.44. The van der Waals surface area contributed by atoms with Gasteiger partial charge in [-0.1, -0.05) is 17.8 Å². The number of thioether (sulfide) groups is 1. The molecule has 0 saturated heterocycles. The summed E-state index contributed by atoms with van der Waals surface area (Å²) in [5.74, 6) is 0.818. The van der Waals surface area contributed by atoms with Gasteiger partial charge in [0.25, 0.3) is 0 Å². The van der Waals surface area contributed by atoms with E-state index in [9.17, 15) is 0 Å². The Labute approximate surface area is 104 Å². The van der Waals surface area contributed by atoms with Crippen LogP contribution in [0.15, 0.2) is 52.3 Å². The second-order valence-electron chi connectivity index (χ2n) is 3.49. The van der Waals surface area contributed by atoms with Crippen LogP contribution in [0.25, 0.3) is 0 Å². The molecule has 0 bridgehead atoms. The van der Waals surface area contributed by atoms with Crippen LogP contribution >= 0.6 is 11.8 Å². The van der Waals surface area contributed by atoms with Gasteiger partial charge in [-0.25, -0.2) is 0 Å². The standard InChI is InChI=1S/C13H12N2OS/c1-16-9-3-2-4-10(7-9)17-11-5-6-12(14)13(15)8-11/h2-8,14-15H,1H3. The molecule has 0 radical (unpaired) electrons.